The van der Waals surface area contributed by atoms with E-state index in [2.05, 4.69) is 0 Å². The summed E-state index contributed by atoms with van der Waals surface area (Å²) in [7, 11) is -2.28. The first kappa shape index (κ1) is 17.7. The SMILES string of the molecule is COc1ccc(S(=O)(=O)N(C2CC2)[C@@H](C)C(C)C)cc1C(N)=O. The predicted octanol–water partition coefficient (Wildman–Crippen LogP) is 1.99. The maximum Gasteiger partial charge on any atom is 0.252 e. The second-order valence-electron chi connectivity index (χ2n) is 6.28. The van der Waals surface area contributed by atoms with Gasteiger partial charge in [0, 0.05) is 12.1 Å². The standard InChI is InChI=1S/C16H24N2O4S/c1-10(2)11(3)18(12-5-6-12)23(20,21)13-7-8-15(22-4)14(9-13)16(17)19/h7-12H,5-6H2,1-4H3,(H2,17,19)/t11-/m0/s1. The van der Waals surface area contributed by atoms with E-state index >= 15 is 0 Å². The Bertz CT molecular complexity index is 696. The van der Waals surface area contributed by atoms with Crippen LogP contribution in [0.1, 0.15) is 44.0 Å². The van der Waals surface area contributed by atoms with Gasteiger partial charge in [0.05, 0.1) is 17.6 Å². The van der Waals surface area contributed by atoms with Crippen molar-refractivity contribution in [3.8, 4) is 5.75 Å². The molecule has 1 aliphatic rings. The number of hydrogen-bond acceptors (Lipinski definition) is 4. The van der Waals surface area contributed by atoms with Crippen LogP contribution in [-0.4, -0.2) is 37.8 Å². The van der Waals surface area contributed by atoms with Crippen LogP contribution in [0.25, 0.3) is 0 Å². The molecule has 23 heavy (non-hydrogen) atoms. The number of benzene rings is 1. The van der Waals surface area contributed by atoms with E-state index in [1.807, 2.05) is 20.8 Å². The largest absolute Gasteiger partial charge is 0.496 e. The molecule has 0 radical (unpaired) electrons. The lowest BCUT2D eigenvalue weighted by Crippen LogP contribution is -2.43. The van der Waals surface area contributed by atoms with Crippen molar-refractivity contribution in [2.75, 3.05) is 7.11 Å². The molecule has 0 aromatic heterocycles. The molecule has 1 aromatic rings. The lowest BCUT2D eigenvalue weighted by atomic mass is 10.1. The summed E-state index contributed by atoms with van der Waals surface area (Å²) < 4.78 is 32.8. The van der Waals surface area contributed by atoms with Crippen molar-refractivity contribution in [1.29, 1.82) is 0 Å². The minimum absolute atomic E-state index is 0.0385. The molecule has 1 aromatic carbocycles. The molecule has 128 valence electrons. The molecule has 1 aliphatic carbocycles. The summed E-state index contributed by atoms with van der Waals surface area (Å²) in [4.78, 5) is 11.6. The Labute approximate surface area is 137 Å². The second kappa shape index (κ2) is 6.49. The number of rotatable bonds is 7. The average molecular weight is 340 g/mol. The minimum atomic E-state index is -3.69. The van der Waals surface area contributed by atoms with Gasteiger partial charge in [-0.25, -0.2) is 8.42 Å². The van der Waals surface area contributed by atoms with E-state index in [0.29, 0.717) is 0 Å². The van der Waals surface area contributed by atoms with Gasteiger partial charge in [0.1, 0.15) is 5.75 Å². The van der Waals surface area contributed by atoms with Crippen LogP contribution >= 0.6 is 0 Å². The van der Waals surface area contributed by atoms with Gasteiger partial charge < -0.3 is 10.5 Å². The number of nitrogens with zero attached hydrogens (tertiary/aromatic N) is 1. The van der Waals surface area contributed by atoms with Gasteiger partial charge in [-0.05, 0) is 43.9 Å². The average Bonchev–Trinajstić information content (AvgIpc) is 3.30. The van der Waals surface area contributed by atoms with E-state index in [1.165, 1.54) is 25.3 Å². The van der Waals surface area contributed by atoms with Crippen molar-refractivity contribution in [2.45, 2.75) is 50.6 Å². The van der Waals surface area contributed by atoms with Gasteiger partial charge in [-0.1, -0.05) is 13.8 Å². The van der Waals surface area contributed by atoms with Gasteiger partial charge in [-0.3, -0.25) is 4.79 Å². The molecule has 0 saturated heterocycles. The zero-order valence-corrected chi connectivity index (χ0v) is 14.8. The van der Waals surface area contributed by atoms with Crippen LogP contribution in [0.15, 0.2) is 23.1 Å². The highest BCUT2D eigenvalue weighted by Crippen LogP contribution is 2.36. The number of nitrogens with two attached hydrogens (primary N) is 1. The molecule has 0 bridgehead atoms. The lowest BCUT2D eigenvalue weighted by molar-refractivity contribution is 0.0997. The summed E-state index contributed by atoms with van der Waals surface area (Å²) in [5, 5.41) is 0. The summed E-state index contributed by atoms with van der Waals surface area (Å²) in [5.41, 5.74) is 5.40. The molecule has 2 rings (SSSR count). The fourth-order valence-electron chi connectivity index (χ4n) is 2.53. The highest BCUT2D eigenvalue weighted by atomic mass is 32.2. The molecule has 1 fully saturated rings. The smallest absolute Gasteiger partial charge is 0.252 e. The molecule has 0 aliphatic heterocycles. The number of primary amides is 1. The third-order valence-electron chi connectivity index (χ3n) is 4.28. The first-order chi connectivity index (χ1) is 10.7. The van der Waals surface area contributed by atoms with Gasteiger partial charge in [0.25, 0.3) is 5.91 Å². The van der Waals surface area contributed by atoms with Crippen molar-refractivity contribution in [3.05, 3.63) is 23.8 Å². The summed E-state index contributed by atoms with van der Waals surface area (Å²) in [6.07, 6.45) is 1.74. The number of methoxy groups -OCH3 is 1. The van der Waals surface area contributed by atoms with E-state index in [-0.39, 0.29) is 34.2 Å². The van der Waals surface area contributed by atoms with Gasteiger partial charge >= 0.3 is 0 Å². The molecule has 7 heteroatoms. The molecule has 0 spiro atoms. The van der Waals surface area contributed by atoms with E-state index in [0.717, 1.165) is 12.8 Å². The monoisotopic (exact) mass is 340 g/mol. The topological polar surface area (TPSA) is 89.7 Å². The summed E-state index contributed by atoms with van der Waals surface area (Å²) >= 11 is 0. The highest BCUT2D eigenvalue weighted by molar-refractivity contribution is 7.89. The Kier molecular flexibility index (Phi) is 5.01. The van der Waals surface area contributed by atoms with Gasteiger partial charge in [0.15, 0.2) is 0 Å². The van der Waals surface area contributed by atoms with E-state index < -0.39 is 15.9 Å². The second-order valence-corrected chi connectivity index (χ2v) is 8.12. The number of carbonyl (C=O) groups excluding carboxylic acids is 1. The van der Waals surface area contributed by atoms with Crippen LogP contribution in [0.5, 0.6) is 5.75 Å². The highest BCUT2D eigenvalue weighted by Gasteiger charge is 2.42. The zero-order valence-electron chi connectivity index (χ0n) is 13.9. The third-order valence-corrected chi connectivity index (χ3v) is 6.32. The Morgan fingerprint density at radius 3 is 2.35 bits per heavy atom. The van der Waals surface area contributed by atoms with Crippen LogP contribution in [0.4, 0.5) is 0 Å². The fraction of sp³-hybridized carbons (Fsp3) is 0.562. The Morgan fingerprint density at radius 1 is 1.30 bits per heavy atom. The van der Waals surface area contributed by atoms with Crippen LogP contribution in [0.2, 0.25) is 0 Å². The van der Waals surface area contributed by atoms with Crippen LogP contribution < -0.4 is 10.5 Å². The summed E-state index contributed by atoms with van der Waals surface area (Å²) in [6, 6.07) is 4.16. The van der Waals surface area contributed by atoms with E-state index in [9.17, 15) is 13.2 Å². The van der Waals surface area contributed by atoms with Crippen molar-refractivity contribution in [1.82, 2.24) is 4.31 Å². The molecule has 0 unspecified atom stereocenters. The van der Waals surface area contributed by atoms with Crippen molar-refractivity contribution < 1.29 is 17.9 Å². The van der Waals surface area contributed by atoms with Crippen molar-refractivity contribution in [3.63, 3.8) is 0 Å². The number of amides is 1. The van der Waals surface area contributed by atoms with Crippen molar-refractivity contribution in [2.24, 2.45) is 11.7 Å². The Balaban J connectivity index is 2.49. The molecule has 6 nitrogen and oxygen atoms in total. The number of carbonyl (C=O) groups is 1. The predicted molar refractivity (Wildman–Crippen MR) is 87.9 cm³/mol. The molecule has 2 N–H and O–H groups in total. The summed E-state index contributed by atoms with van der Waals surface area (Å²) in [6.45, 7) is 5.91. The van der Waals surface area contributed by atoms with Crippen LogP contribution in [0, 0.1) is 5.92 Å². The quantitative estimate of drug-likeness (QED) is 0.822. The first-order valence-electron chi connectivity index (χ1n) is 7.71. The van der Waals surface area contributed by atoms with Gasteiger partial charge in [-0.2, -0.15) is 4.31 Å². The van der Waals surface area contributed by atoms with Crippen LogP contribution in [-0.2, 0) is 10.0 Å². The molecular weight excluding hydrogens is 316 g/mol. The molecule has 1 amide bonds. The molecule has 1 atom stereocenters. The maximum absolute atomic E-state index is 13.1. The zero-order chi connectivity index (χ0) is 17.4. The van der Waals surface area contributed by atoms with Gasteiger partial charge in [-0.15, -0.1) is 0 Å². The molecular formula is C16H24N2O4S. The normalized spacial score (nSPS) is 16.6. The number of ether oxygens (including phenoxy) is 1. The van der Waals surface area contributed by atoms with Crippen molar-refractivity contribution >= 4 is 15.9 Å². The third kappa shape index (κ3) is 3.50. The lowest BCUT2D eigenvalue weighted by Gasteiger charge is -2.31. The Morgan fingerprint density at radius 2 is 1.91 bits per heavy atom. The maximum atomic E-state index is 13.1. The minimum Gasteiger partial charge on any atom is -0.496 e. The Hall–Kier alpha value is -1.60. The number of hydrogen-bond donors (Lipinski definition) is 1. The fourth-order valence-corrected chi connectivity index (χ4v) is 4.57. The summed E-state index contributed by atoms with van der Waals surface area (Å²) in [5.74, 6) is -0.251. The van der Waals surface area contributed by atoms with Gasteiger partial charge in [0.2, 0.25) is 10.0 Å². The molecule has 1 saturated carbocycles. The number of sulfonamides is 1. The van der Waals surface area contributed by atoms with E-state index in [1.54, 1.807) is 4.31 Å². The van der Waals surface area contributed by atoms with E-state index in [4.69, 9.17) is 10.5 Å². The first-order valence-corrected chi connectivity index (χ1v) is 9.15. The van der Waals surface area contributed by atoms with Crippen LogP contribution in [0.3, 0.4) is 0 Å². The molecule has 0 heterocycles.